The van der Waals surface area contributed by atoms with Gasteiger partial charge in [0.05, 0.1) is 0 Å². The van der Waals surface area contributed by atoms with E-state index in [-0.39, 0.29) is 14.5 Å². The second kappa shape index (κ2) is 5.32. The van der Waals surface area contributed by atoms with E-state index in [1.807, 2.05) is 6.07 Å². The van der Waals surface area contributed by atoms with Crippen LogP contribution in [-0.2, 0) is 0 Å². The molecule has 4 rings (SSSR count). The van der Waals surface area contributed by atoms with Gasteiger partial charge < -0.3 is 0 Å². The van der Waals surface area contributed by atoms with E-state index in [4.69, 9.17) is 0 Å². The van der Waals surface area contributed by atoms with E-state index in [0.717, 1.165) is 10.7 Å². The van der Waals surface area contributed by atoms with Crippen molar-refractivity contribution in [1.29, 1.82) is 0 Å². The van der Waals surface area contributed by atoms with E-state index in [2.05, 4.69) is 59.5 Å². The maximum absolute atomic E-state index is 11.0. The van der Waals surface area contributed by atoms with Crippen LogP contribution in [0.5, 0.6) is 0 Å². The fourth-order valence-corrected chi connectivity index (χ4v) is 6.47. The Balaban J connectivity index is 1.94. The minimum atomic E-state index is 0.0896. The monoisotopic (exact) mass is 405 g/mol. The van der Waals surface area contributed by atoms with Crippen molar-refractivity contribution >= 4 is 60.6 Å². The van der Waals surface area contributed by atoms with Gasteiger partial charge in [0.25, 0.3) is 0 Å². The Morgan fingerprint density at radius 2 is 1.43 bits per heavy atom. The molecule has 2 aromatic carbocycles. The third-order valence-corrected chi connectivity index (χ3v) is 7.84. The van der Waals surface area contributed by atoms with Crippen LogP contribution in [0.2, 0.25) is 0 Å². The fourth-order valence-electron chi connectivity index (χ4n) is 2.47. The van der Waals surface area contributed by atoms with E-state index >= 15 is 0 Å². The number of nitrogens with zero attached hydrogens (tertiary/aromatic N) is 1. The van der Waals surface area contributed by atoms with Crippen LogP contribution in [0.1, 0.15) is 9.23 Å². The van der Waals surface area contributed by atoms with Crippen LogP contribution in [0.3, 0.4) is 0 Å². The number of carbonyl (C=O) groups is 1. The van der Waals surface area contributed by atoms with Crippen LogP contribution in [-0.4, -0.2) is 35.7 Å². The Hall–Kier alpha value is -1.57. The van der Waals surface area contributed by atoms with Crippen molar-refractivity contribution in [3.63, 3.8) is 0 Å². The van der Waals surface area contributed by atoms with Crippen LogP contribution in [0.25, 0.3) is 0 Å². The molecular formula is C17H11NOSe2. The first-order valence-corrected chi connectivity index (χ1v) is 10.0. The first-order valence-electron chi connectivity index (χ1n) is 6.58. The number of benzene rings is 2. The van der Waals surface area contributed by atoms with Gasteiger partial charge in [0.1, 0.15) is 0 Å². The number of hydrogen-bond acceptors (Lipinski definition) is 2. The summed E-state index contributed by atoms with van der Waals surface area (Å²) < 4.78 is 4.95. The molecule has 0 fully saturated rings. The van der Waals surface area contributed by atoms with Crippen molar-refractivity contribution in [2.75, 3.05) is 4.90 Å². The second-order valence-corrected chi connectivity index (χ2v) is 9.24. The maximum atomic E-state index is 11.0. The topological polar surface area (TPSA) is 20.3 Å². The summed E-state index contributed by atoms with van der Waals surface area (Å²) in [5.41, 5.74) is 2.54. The van der Waals surface area contributed by atoms with Crippen LogP contribution < -0.4 is 13.8 Å². The molecule has 0 spiro atoms. The van der Waals surface area contributed by atoms with E-state index in [9.17, 15) is 4.79 Å². The summed E-state index contributed by atoms with van der Waals surface area (Å²) in [4.78, 5) is 13.4. The number of hydrogen-bond donors (Lipinski definition) is 0. The number of carbonyl (C=O) groups excluding carboxylic acids is 1. The van der Waals surface area contributed by atoms with Gasteiger partial charge in [-0.05, 0) is 0 Å². The van der Waals surface area contributed by atoms with Crippen molar-refractivity contribution in [2.24, 2.45) is 0 Å². The van der Waals surface area contributed by atoms with Crippen LogP contribution in [0.15, 0.2) is 60.7 Å². The summed E-state index contributed by atoms with van der Waals surface area (Å²) in [6.07, 6.45) is 0.981. The average molecular weight is 403 g/mol. The van der Waals surface area contributed by atoms with E-state index in [1.54, 1.807) is 0 Å². The molecule has 4 heteroatoms. The van der Waals surface area contributed by atoms with Gasteiger partial charge in [0.2, 0.25) is 0 Å². The van der Waals surface area contributed by atoms with Gasteiger partial charge in [0.15, 0.2) is 0 Å². The van der Waals surface area contributed by atoms with Crippen molar-refractivity contribution in [1.82, 2.24) is 0 Å². The molecule has 0 unspecified atom stereocenters. The Morgan fingerprint density at radius 3 is 2.00 bits per heavy atom. The molecule has 0 saturated carbocycles. The molecule has 2 heterocycles. The molecule has 102 valence electrons. The number of aldehydes is 1. The van der Waals surface area contributed by atoms with Crippen LogP contribution >= 0.6 is 0 Å². The Morgan fingerprint density at radius 1 is 0.810 bits per heavy atom. The normalized spacial score (nSPS) is 12.7. The van der Waals surface area contributed by atoms with Gasteiger partial charge >= 0.3 is 135 Å². The standard InChI is InChI=1S/C17H11NOSe2/c19-11-12-9-10-17(20-12)18-13-5-1-3-7-15(13)21-16-8-4-2-6-14(16)18/h1-11H. The van der Waals surface area contributed by atoms with Crippen molar-refractivity contribution < 1.29 is 4.79 Å². The van der Waals surface area contributed by atoms with Gasteiger partial charge in [0, 0.05) is 0 Å². The molecule has 0 amide bonds. The third-order valence-electron chi connectivity index (χ3n) is 3.38. The predicted octanol–water partition coefficient (Wildman–Crippen LogP) is 1.99. The minimum absolute atomic E-state index is 0.0896. The first kappa shape index (κ1) is 13.1. The van der Waals surface area contributed by atoms with Gasteiger partial charge in [-0.1, -0.05) is 0 Å². The molecule has 21 heavy (non-hydrogen) atoms. The zero-order chi connectivity index (χ0) is 14.2. The van der Waals surface area contributed by atoms with Gasteiger partial charge in [-0.15, -0.1) is 0 Å². The summed E-state index contributed by atoms with van der Waals surface area (Å²) in [6.45, 7) is 0. The summed E-state index contributed by atoms with van der Waals surface area (Å²) in [7, 11) is 0. The SMILES string of the molecule is O=Cc1ccc(N2c3ccccc3[Se]c3ccccc32)[se]1. The Kier molecular flexibility index (Phi) is 3.32. The zero-order valence-corrected chi connectivity index (χ0v) is 14.4. The molecule has 2 nitrogen and oxygen atoms in total. The average Bonchev–Trinajstić information content (AvgIpc) is 3.01. The fraction of sp³-hybridized carbons (Fsp3) is 0. The molecule has 0 atom stereocenters. The quantitative estimate of drug-likeness (QED) is 0.377. The summed E-state index contributed by atoms with van der Waals surface area (Å²) in [5, 5.41) is 0. The molecule has 1 aromatic heterocycles. The molecule has 1 aliphatic rings. The number of anilines is 3. The molecule has 0 radical (unpaired) electrons. The summed E-state index contributed by atoms with van der Waals surface area (Å²) in [6, 6.07) is 21.2. The molecule has 0 bridgehead atoms. The number of fused-ring (bicyclic) bond motifs is 2. The Bertz CT molecular complexity index is 779. The molecular weight excluding hydrogens is 392 g/mol. The van der Waals surface area contributed by atoms with E-state index in [0.29, 0.717) is 15.0 Å². The zero-order valence-electron chi connectivity index (χ0n) is 11.0. The number of para-hydroxylation sites is 2. The predicted molar refractivity (Wildman–Crippen MR) is 88.5 cm³/mol. The second-order valence-electron chi connectivity index (χ2n) is 4.67. The van der Waals surface area contributed by atoms with E-state index in [1.165, 1.54) is 24.9 Å². The number of rotatable bonds is 2. The van der Waals surface area contributed by atoms with Gasteiger partial charge in [-0.2, -0.15) is 0 Å². The van der Waals surface area contributed by atoms with Crippen LogP contribution in [0.4, 0.5) is 15.9 Å². The Labute approximate surface area is 135 Å². The molecule has 1 aliphatic heterocycles. The van der Waals surface area contributed by atoms with Gasteiger partial charge in [-0.25, -0.2) is 0 Å². The van der Waals surface area contributed by atoms with Crippen molar-refractivity contribution in [2.45, 2.75) is 0 Å². The van der Waals surface area contributed by atoms with Crippen LogP contribution in [0, 0.1) is 0 Å². The molecule has 0 saturated heterocycles. The van der Waals surface area contributed by atoms with Gasteiger partial charge in [-0.3, -0.25) is 0 Å². The molecule has 0 aliphatic carbocycles. The summed E-state index contributed by atoms with van der Waals surface area (Å²) >= 11 is 0.434. The third kappa shape index (κ3) is 2.21. The summed E-state index contributed by atoms with van der Waals surface area (Å²) in [5.74, 6) is 0. The first-order chi connectivity index (χ1) is 10.4. The van der Waals surface area contributed by atoms with Crippen molar-refractivity contribution in [3.05, 3.63) is 65.1 Å². The molecule has 3 aromatic rings. The molecule has 0 N–H and O–H groups in total. The van der Waals surface area contributed by atoms with Crippen molar-refractivity contribution in [3.8, 4) is 0 Å². The van der Waals surface area contributed by atoms with E-state index < -0.39 is 0 Å².